The highest BCUT2D eigenvalue weighted by Crippen LogP contribution is 2.38. The van der Waals surface area contributed by atoms with Crippen LogP contribution in [0.1, 0.15) is 49.3 Å². The number of imidazole rings is 1. The van der Waals surface area contributed by atoms with E-state index in [2.05, 4.69) is 40.2 Å². The summed E-state index contributed by atoms with van der Waals surface area (Å²) in [5.74, 6) is 0.418. The number of urea groups is 1. The number of aromatic nitrogens is 4. The lowest BCUT2D eigenvalue weighted by atomic mass is 9.91. The number of nitrogens with two attached hydrogens (primary N) is 1. The third-order valence-corrected chi connectivity index (χ3v) is 11.7. The highest BCUT2D eigenvalue weighted by molar-refractivity contribution is 7.89. The Morgan fingerprint density at radius 1 is 0.982 bits per heavy atom. The van der Waals surface area contributed by atoms with Gasteiger partial charge in [0.1, 0.15) is 12.2 Å². The van der Waals surface area contributed by atoms with Gasteiger partial charge in [-0.05, 0) is 48.2 Å². The van der Waals surface area contributed by atoms with Crippen molar-refractivity contribution >= 4 is 62.4 Å². The number of sulfonamides is 1. The zero-order valence-electron chi connectivity index (χ0n) is 30.4. The summed E-state index contributed by atoms with van der Waals surface area (Å²) in [6.45, 7) is 3.02. The predicted molar refractivity (Wildman–Crippen MR) is 212 cm³/mol. The van der Waals surface area contributed by atoms with Gasteiger partial charge in [0.15, 0.2) is 17.0 Å². The molecular weight excluding hydrogens is 760 g/mol. The van der Waals surface area contributed by atoms with Crippen molar-refractivity contribution in [1.82, 2.24) is 29.3 Å². The molecule has 2 aromatic heterocycles. The predicted octanol–water partition coefficient (Wildman–Crippen LogP) is 3.55. The fraction of sp³-hybridized carbons (Fsp3) is 0.342. The Labute approximate surface area is 328 Å². The smallest absolute Gasteiger partial charge is 0.319 e. The second-order valence-corrected chi connectivity index (χ2v) is 15.9. The van der Waals surface area contributed by atoms with Gasteiger partial charge in [-0.3, -0.25) is 4.79 Å². The zero-order chi connectivity index (χ0) is 39.6. The molecule has 18 heteroatoms. The number of primary sulfonamides is 1. The number of nitrogens with one attached hydrogen (secondary N) is 3. The minimum atomic E-state index is -3.87. The van der Waals surface area contributed by atoms with Crippen LogP contribution in [0, 0.1) is 0 Å². The van der Waals surface area contributed by atoms with Gasteiger partial charge in [-0.1, -0.05) is 67.6 Å². The topological polar surface area (TPSA) is 221 Å². The first kappa shape index (κ1) is 38.9. The van der Waals surface area contributed by atoms with E-state index in [1.807, 2.05) is 41.3 Å². The number of halogens is 1. The maximum absolute atomic E-state index is 12.9. The van der Waals surface area contributed by atoms with E-state index in [9.17, 15) is 28.2 Å². The lowest BCUT2D eigenvalue weighted by molar-refractivity contribution is -0.129. The van der Waals surface area contributed by atoms with Crippen LogP contribution in [0.25, 0.3) is 11.2 Å². The van der Waals surface area contributed by atoms with Crippen LogP contribution in [0.4, 0.5) is 22.2 Å². The summed E-state index contributed by atoms with van der Waals surface area (Å²) in [6, 6.07) is 23.5. The number of amides is 3. The second-order valence-electron chi connectivity index (χ2n) is 14.0. The number of aliphatic hydroxyl groups is 2. The van der Waals surface area contributed by atoms with Crippen molar-refractivity contribution in [3.63, 3.8) is 0 Å². The lowest BCUT2D eigenvalue weighted by Crippen LogP contribution is -2.41. The van der Waals surface area contributed by atoms with Crippen molar-refractivity contribution in [3.8, 4) is 0 Å². The average Bonchev–Trinajstić information content (AvgIpc) is 3.92. The molecule has 3 amide bonds. The first-order valence-corrected chi connectivity index (χ1v) is 20.2. The summed E-state index contributed by atoms with van der Waals surface area (Å²) in [5, 5.41) is 36.7. The van der Waals surface area contributed by atoms with E-state index in [1.165, 1.54) is 24.3 Å². The summed E-state index contributed by atoms with van der Waals surface area (Å²) in [6.07, 6.45) is -0.139. The van der Waals surface area contributed by atoms with Crippen molar-refractivity contribution in [2.24, 2.45) is 5.14 Å². The number of nitrogens with zero attached hydrogens (tertiary/aromatic N) is 6. The molecule has 56 heavy (non-hydrogen) atoms. The van der Waals surface area contributed by atoms with Crippen LogP contribution in [-0.4, -0.2) is 98.4 Å². The molecule has 1 saturated heterocycles. The molecule has 0 spiro atoms. The summed E-state index contributed by atoms with van der Waals surface area (Å²) in [5.41, 5.74) is 3.47. The summed E-state index contributed by atoms with van der Waals surface area (Å²) >= 11 is 6.35. The number of hydrogen-bond donors (Lipinski definition) is 6. The van der Waals surface area contributed by atoms with Crippen LogP contribution in [0.15, 0.2) is 96.2 Å². The van der Waals surface area contributed by atoms with Gasteiger partial charge in [-0.15, -0.1) is 0 Å². The maximum Gasteiger partial charge on any atom is 0.319 e. The quantitative estimate of drug-likeness (QED) is 0.100. The molecule has 0 radical (unpaired) electrons. The molecule has 5 atom stereocenters. The normalized spacial score (nSPS) is 21.0. The number of benzene rings is 3. The Morgan fingerprint density at radius 3 is 2.27 bits per heavy atom. The molecule has 0 bridgehead atoms. The van der Waals surface area contributed by atoms with Crippen LogP contribution in [-0.2, 0) is 14.8 Å². The van der Waals surface area contributed by atoms with Crippen LogP contribution in [0.3, 0.4) is 0 Å². The zero-order valence-corrected chi connectivity index (χ0v) is 32.0. The fourth-order valence-electron chi connectivity index (χ4n) is 7.37. The summed E-state index contributed by atoms with van der Waals surface area (Å²) in [7, 11) is -3.87. The molecule has 7 rings (SSSR count). The van der Waals surface area contributed by atoms with E-state index in [1.54, 1.807) is 17.8 Å². The van der Waals surface area contributed by atoms with Gasteiger partial charge >= 0.3 is 6.03 Å². The molecule has 1 aliphatic heterocycles. The largest absolute Gasteiger partial charge is 0.388 e. The van der Waals surface area contributed by atoms with E-state index < -0.39 is 40.3 Å². The van der Waals surface area contributed by atoms with Crippen molar-refractivity contribution in [3.05, 3.63) is 102 Å². The summed E-state index contributed by atoms with van der Waals surface area (Å²) in [4.78, 5) is 41.9. The minimum absolute atomic E-state index is 0.0406. The standard InChI is InChI=1S/C38H43ClN10O6S/c1-2-31(50)49(39)30-19-29(33(51)34(30)52)48-22-42-32-35(41-20-28(23-9-5-3-6-10-23)24-11-7-4-8-12-24)45-37(46-36(32)48)47-18-17-26(21-47)44-38(53)43-25-13-15-27(16-14-25)56(40,54)55/h3-16,22,26,28-30,33-34,51-52H,2,17-21H2,1H3,(H2,40,54,55)(H,41,45,46)(H2,43,44,53)/t26-,29-,30+,33+,34-/m1/s1. The van der Waals surface area contributed by atoms with Gasteiger partial charge in [-0.2, -0.15) is 9.97 Å². The third kappa shape index (κ3) is 8.27. The average molecular weight is 803 g/mol. The first-order valence-electron chi connectivity index (χ1n) is 18.3. The Morgan fingerprint density at radius 2 is 1.64 bits per heavy atom. The molecule has 3 heterocycles. The Kier molecular flexibility index (Phi) is 11.4. The SMILES string of the molecule is CCC(=O)N(Cl)[C@H]1C[C@@H](n2cnc3c(NCC(c4ccccc4)c4ccccc4)nc(N4CC[C@@H](NC(=O)Nc5ccc(S(N)(=O)=O)cc5)C4)nc32)[C@H](O)[C@@H]1O. The van der Waals surface area contributed by atoms with Gasteiger partial charge in [-0.25, -0.2) is 27.8 Å². The highest BCUT2D eigenvalue weighted by Gasteiger charge is 2.47. The number of anilines is 3. The molecule has 3 aromatic carbocycles. The van der Waals surface area contributed by atoms with Gasteiger partial charge in [0, 0.05) is 55.5 Å². The second kappa shape index (κ2) is 16.4. The molecule has 0 unspecified atom stereocenters. The fourth-order valence-corrected chi connectivity index (χ4v) is 8.20. The molecule has 1 aliphatic carbocycles. The van der Waals surface area contributed by atoms with Crippen molar-refractivity contribution in [1.29, 1.82) is 0 Å². The van der Waals surface area contributed by atoms with Gasteiger partial charge in [0.05, 0.1) is 23.3 Å². The molecule has 2 fully saturated rings. The van der Waals surface area contributed by atoms with Gasteiger partial charge in [0.2, 0.25) is 21.9 Å². The molecule has 2 aliphatic rings. The molecule has 5 aromatic rings. The van der Waals surface area contributed by atoms with Crippen LogP contribution >= 0.6 is 11.8 Å². The van der Waals surface area contributed by atoms with Crippen molar-refractivity contribution in [2.45, 2.75) is 67.3 Å². The maximum atomic E-state index is 12.9. The Balaban J connectivity index is 1.16. The van der Waals surface area contributed by atoms with Gasteiger partial charge < -0.3 is 35.6 Å². The molecule has 16 nitrogen and oxygen atoms in total. The number of hydrogen-bond acceptors (Lipinski definition) is 11. The molecule has 1 saturated carbocycles. The minimum Gasteiger partial charge on any atom is -0.388 e. The number of fused-ring (bicyclic) bond motifs is 1. The Hall–Kier alpha value is -5.33. The van der Waals surface area contributed by atoms with E-state index in [0.29, 0.717) is 54.7 Å². The first-order chi connectivity index (χ1) is 26.9. The molecular formula is C38H43ClN10O6S. The third-order valence-electron chi connectivity index (χ3n) is 10.3. The van der Waals surface area contributed by atoms with E-state index in [0.717, 1.165) is 15.5 Å². The number of carbonyl (C=O) groups is 2. The van der Waals surface area contributed by atoms with Crippen LogP contribution in [0.2, 0.25) is 0 Å². The molecule has 7 N–H and O–H groups in total. The highest BCUT2D eigenvalue weighted by atomic mass is 35.5. The number of rotatable bonds is 12. The van der Waals surface area contributed by atoms with Crippen molar-refractivity contribution in [2.75, 3.05) is 35.2 Å². The van der Waals surface area contributed by atoms with Crippen LogP contribution in [0.5, 0.6) is 0 Å². The number of carbonyl (C=O) groups excluding carboxylic acids is 2. The lowest BCUT2D eigenvalue weighted by Gasteiger charge is -2.23. The number of aliphatic hydroxyl groups excluding tert-OH is 2. The van der Waals surface area contributed by atoms with Gasteiger partial charge in [0.25, 0.3) is 0 Å². The summed E-state index contributed by atoms with van der Waals surface area (Å²) < 4.78 is 25.9. The Bertz CT molecular complexity index is 2240. The van der Waals surface area contributed by atoms with E-state index in [4.69, 9.17) is 31.9 Å². The van der Waals surface area contributed by atoms with E-state index in [-0.39, 0.29) is 35.6 Å². The van der Waals surface area contributed by atoms with Crippen molar-refractivity contribution < 1.29 is 28.2 Å². The van der Waals surface area contributed by atoms with Crippen LogP contribution < -0.4 is 26.0 Å². The monoisotopic (exact) mass is 802 g/mol. The van der Waals surface area contributed by atoms with E-state index >= 15 is 0 Å². The molecule has 294 valence electrons.